The Labute approximate surface area is 132 Å². The van der Waals surface area contributed by atoms with E-state index in [1.165, 1.54) is 12.8 Å². The van der Waals surface area contributed by atoms with Crippen molar-refractivity contribution in [2.75, 3.05) is 39.4 Å². The van der Waals surface area contributed by atoms with Gasteiger partial charge in [-0.05, 0) is 36.5 Å². The molecule has 1 amide bonds. The van der Waals surface area contributed by atoms with Crippen molar-refractivity contribution in [3.05, 3.63) is 29.8 Å². The summed E-state index contributed by atoms with van der Waals surface area (Å²) in [5.41, 5.74) is 1.10. The summed E-state index contributed by atoms with van der Waals surface area (Å²) in [4.78, 5) is 15.0. The van der Waals surface area contributed by atoms with Gasteiger partial charge >= 0.3 is 0 Å². The van der Waals surface area contributed by atoms with Crippen molar-refractivity contribution in [3.63, 3.8) is 0 Å². The van der Waals surface area contributed by atoms with Crippen LogP contribution in [0.15, 0.2) is 29.2 Å². The predicted octanol–water partition coefficient (Wildman–Crippen LogP) is 1.28. The second kappa shape index (κ2) is 5.44. The first-order valence-corrected chi connectivity index (χ1v) is 8.92. The highest BCUT2D eigenvalue weighted by Crippen LogP contribution is 2.53. The van der Waals surface area contributed by atoms with Crippen LogP contribution in [0, 0.1) is 5.41 Å². The quantitative estimate of drug-likeness (QED) is 0.843. The van der Waals surface area contributed by atoms with Crippen LogP contribution in [0.3, 0.4) is 0 Å². The van der Waals surface area contributed by atoms with Gasteiger partial charge in [-0.15, -0.1) is 0 Å². The Hall–Kier alpha value is -1.24. The SMILES string of the molecule is O=C(c1cccc(S(=O)N2CC3(CC3)C2)c1)N1CCOCC1. The van der Waals surface area contributed by atoms with Crippen LogP contribution < -0.4 is 0 Å². The normalized spacial score (nSPS) is 24.8. The van der Waals surface area contributed by atoms with Crippen molar-refractivity contribution in [3.8, 4) is 0 Å². The molecule has 1 aromatic rings. The van der Waals surface area contributed by atoms with Gasteiger partial charge in [0.2, 0.25) is 0 Å². The number of hydrogen-bond donors (Lipinski definition) is 0. The van der Waals surface area contributed by atoms with Crippen LogP contribution in [0.1, 0.15) is 23.2 Å². The summed E-state index contributed by atoms with van der Waals surface area (Å²) < 4.78 is 19.9. The molecule has 2 saturated heterocycles. The lowest BCUT2D eigenvalue weighted by Crippen LogP contribution is -2.48. The second-order valence-electron chi connectivity index (χ2n) is 6.48. The van der Waals surface area contributed by atoms with Crippen LogP contribution in [-0.4, -0.2) is 58.7 Å². The molecule has 1 aliphatic carbocycles. The van der Waals surface area contributed by atoms with Gasteiger partial charge in [0.15, 0.2) is 0 Å². The molecule has 1 saturated carbocycles. The van der Waals surface area contributed by atoms with Crippen LogP contribution in [0.2, 0.25) is 0 Å². The molecule has 2 heterocycles. The van der Waals surface area contributed by atoms with Crippen molar-refractivity contribution in [2.45, 2.75) is 17.7 Å². The van der Waals surface area contributed by atoms with Gasteiger partial charge in [-0.3, -0.25) is 4.79 Å². The smallest absolute Gasteiger partial charge is 0.254 e. The Morgan fingerprint density at radius 2 is 1.91 bits per heavy atom. The van der Waals surface area contributed by atoms with Crippen LogP contribution in [-0.2, 0) is 15.7 Å². The fourth-order valence-electron chi connectivity index (χ4n) is 3.15. The molecule has 22 heavy (non-hydrogen) atoms. The molecular formula is C16H20N2O3S. The molecule has 1 unspecified atom stereocenters. The van der Waals surface area contributed by atoms with E-state index in [4.69, 9.17) is 4.74 Å². The summed E-state index contributed by atoms with van der Waals surface area (Å²) >= 11 is 0. The molecule has 3 fully saturated rings. The molecule has 2 aliphatic heterocycles. The maximum absolute atomic E-state index is 12.6. The Morgan fingerprint density at radius 1 is 1.18 bits per heavy atom. The van der Waals surface area contributed by atoms with E-state index in [0.717, 1.165) is 18.0 Å². The number of benzene rings is 1. The molecule has 0 N–H and O–H groups in total. The highest BCUT2D eigenvalue weighted by molar-refractivity contribution is 7.82. The van der Waals surface area contributed by atoms with Crippen LogP contribution in [0.25, 0.3) is 0 Å². The van der Waals surface area contributed by atoms with E-state index in [9.17, 15) is 9.00 Å². The number of carbonyl (C=O) groups excluding carboxylic acids is 1. The highest BCUT2D eigenvalue weighted by atomic mass is 32.2. The van der Waals surface area contributed by atoms with Gasteiger partial charge in [0, 0.05) is 31.7 Å². The molecule has 1 spiro atoms. The summed E-state index contributed by atoms with van der Waals surface area (Å²) in [6, 6.07) is 7.26. The van der Waals surface area contributed by atoms with E-state index in [2.05, 4.69) is 0 Å². The average Bonchev–Trinajstić information content (AvgIpc) is 3.34. The van der Waals surface area contributed by atoms with E-state index >= 15 is 0 Å². The zero-order chi connectivity index (χ0) is 15.2. The fraction of sp³-hybridized carbons (Fsp3) is 0.562. The molecule has 3 aliphatic rings. The number of rotatable bonds is 3. The number of ether oxygens (including phenoxy) is 1. The maximum Gasteiger partial charge on any atom is 0.254 e. The van der Waals surface area contributed by atoms with Gasteiger partial charge in [-0.25, -0.2) is 8.51 Å². The minimum Gasteiger partial charge on any atom is -0.378 e. The number of hydrogen-bond acceptors (Lipinski definition) is 3. The molecular weight excluding hydrogens is 300 g/mol. The van der Waals surface area contributed by atoms with Crippen molar-refractivity contribution >= 4 is 16.9 Å². The second-order valence-corrected chi connectivity index (χ2v) is 7.97. The third-order valence-electron chi connectivity index (χ3n) is 4.80. The summed E-state index contributed by atoms with van der Waals surface area (Å²) in [5.74, 6) is 0.00410. The summed E-state index contributed by atoms with van der Waals surface area (Å²) in [6.45, 7) is 4.30. The minimum atomic E-state index is -1.14. The number of morpholine rings is 1. The molecule has 5 nitrogen and oxygen atoms in total. The van der Waals surface area contributed by atoms with Gasteiger partial charge in [-0.2, -0.15) is 0 Å². The Bertz CT molecular complexity index is 616. The largest absolute Gasteiger partial charge is 0.378 e. The lowest BCUT2D eigenvalue weighted by molar-refractivity contribution is 0.0302. The van der Waals surface area contributed by atoms with E-state index < -0.39 is 11.0 Å². The van der Waals surface area contributed by atoms with Crippen LogP contribution >= 0.6 is 0 Å². The minimum absolute atomic E-state index is 0.00410. The summed E-state index contributed by atoms with van der Waals surface area (Å²) in [6.07, 6.45) is 2.55. The van der Waals surface area contributed by atoms with Crippen LogP contribution in [0.5, 0.6) is 0 Å². The van der Waals surface area contributed by atoms with E-state index in [0.29, 0.717) is 37.3 Å². The Kier molecular flexibility index (Phi) is 3.55. The first-order chi connectivity index (χ1) is 10.7. The standard InChI is InChI=1S/C16H20N2O3S/c19-15(17-6-8-21-9-7-17)13-2-1-3-14(10-13)22(20)18-11-16(12-18)4-5-16/h1-3,10H,4-9,11-12H2. The Morgan fingerprint density at radius 3 is 2.59 bits per heavy atom. The maximum atomic E-state index is 12.6. The fourth-order valence-corrected chi connectivity index (χ4v) is 4.65. The lowest BCUT2D eigenvalue weighted by Gasteiger charge is -2.38. The predicted molar refractivity (Wildman–Crippen MR) is 82.8 cm³/mol. The number of nitrogens with zero attached hydrogens (tertiary/aromatic N) is 2. The first kappa shape index (κ1) is 14.4. The molecule has 118 valence electrons. The van der Waals surface area contributed by atoms with Gasteiger partial charge in [-0.1, -0.05) is 6.07 Å². The molecule has 0 aromatic heterocycles. The first-order valence-electron chi connectivity index (χ1n) is 7.81. The third-order valence-corrected chi connectivity index (χ3v) is 6.18. The van der Waals surface area contributed by atoms with Crippen molar-refractivity contribution in [2.24, 2.45) is 5.41 Å². The molecule has 1 atom stereocenters. The van der Waals surface area contributed by atoms with Gasteiger partial charge < -0.3 is 9.64 Å². The van der Waals surface area contributed by atoms with E-state index in [1.54, 1.807) is 17.0 Å². The van der Waals surface area contributed by atoms with Crippen molar-refractivity contribution < 1.29 is 13.7 Å². The van der Waals surface area contributed by atoms with Crippen LogP contribution in [0.4, 0.5) is 0 Å². The third kappa shape index (κ3) is 2.59. The Balaban J connectivity index is 1.47. The van der Waals surface area contributed by atoms with Gasteiger partial charge in [0.1, 0.15) is 11.0 Å². The molecule has 0 radical (unpaired) electrons. The molecule has 6 heteroatoms. The van der Waals surface area contributed by atoms with E-state index in [-0.39, 0.29) is 5.91 Å². The zero-order valence-electron chi connectivity index (χ0n) is 12.5. The molecule has 0 bridgehead atoms. The zero-order valence-corrected chi connectivity index (χ0v) is 13.3. The summed E-state index contributed by atoms with van der Waals surface area (Å²) in [5, 5.41) is 0. The van der Waals surface area contributed by atoms with Crippen molar-refractivity contribution in [1.82, 2.24) is 9.21 Å². The van der Waals surface area contributed by atoms with Gasteiger partial charge in [0.25, 0.3) is 5.91 Å². The highest BCUT2D eigenvalue weighted by Gasteiger charge is 2.54. The number of amides is 1. The molecule has 4 rings (SSSR count). The number of carbonyl (C=O) groups is 1. The topological polar surface area (TPSA) is 49.9 Å². The average molecular weight is 320 g/mol. The van der Waals surface area contributed by atoms with Gasteiger partial charge in [0.05, 0.1) is 18.1 Å². The lowest BCUT2D eigenvalue weighted by atomic mass is 10.0. The van der Waals surface area contributed by atoms with E-state index in [1.807, 2.05) is 16.4 Å². The monoisotopic (exact) mass is 320 g/mol. The molecule has 1 aromatic carbocycles. The van der Waals surface area contributed by atoms with Crippen molar-refractivity contribution in [1.29, 1.82) is 0 Å². The summed E-state index contributed by atoms with van der Waals surface area (Å²) in [7, 11) is -1.14.